The first-order chi connectivity index (χ1) is 22.6. The van der Waals surface area contributed by atoms with Crippen molar-refractivity contribution in [3.05, 3.63) is 34.6 Å². The van der Waals surface area contributed by atoms with Crippen LogP contribution in [0.4, 0.5) is 10.6 Å². The van der Waals surface area contributed by atoms with Crippen molar-refractivity contribution in [1.29, 1.82) is 0 Å². The number of aromatic nitrogens is 4. The van der Waals surface area contributed by atoms with E-state index in [2.05, 4.69) is 34.8 Å². The molecule has 2 bridgehead atoms. The van der Waals surface area contributed by atoms with E-state index in [0.29, 0.717) is 28.9 Å². The minimum absolute atomic E-state index is 0.0536. The normalized spacial score (nSPS) is 19.7. The van der Waals surface area contributed by atoms with Crippen molar-refractivity contribution in [3.63, 3.8) is 0 Å². The SMILES string of the molecule is CN(C)C(=O)c1nc2ccc(-c3cn(COCC[Si](C)(C)C)c4nc(N5[C@@H]6CC[C@H]5C[C@@H](NC(=O)OC(C)(C)C)C6)cnc34)c(Cl)c2s1. The number of nitrogens with one attached hydrogen (secondary N) is 1. The van der Waals surface area contributed by atoms with E-state index in [1.165, 1.54) is 16.2 Å². The summed E-state index contributed by atoms with van der Waals surface area (Å²) in [5.74, 6) is 0.674. The maximum absolute atomic E-state index is 12.6. The number of halogens is 1. The number of ether oxygens (including phenoxy) is 2. The van der Waals surface area contributed by atoms with E-state index in [4.69, 9.17) is 31.0 Å². The second kappa shape index (κ2) is 13.2. The van der Waals surface area contributed by atoms with Crippen LogP contribution in [0.15, 0.2) is 24.5 Å². The van der Waals surface area contributed by atoms with Crippen LogP contribution in [0, 0.1) is 0 Å². The van der Waals surface area contributed by atoms with Gasteiger partial charge in [-0.3, -0.25) is 4.79 Å². The highest BCUT2D eigenvalue weighted by atomic mass is 35.5. The molecule has 11 nitrogen and oxygen atoms in total. The molecule has 1 N–H and O–H groups in total. The summed E-state index contributed by atoms with van der Waals surface area (Å²) in [5.41, 5.74) is 3.27. The Labute approximate surface area is 292 Å². The van der Waals surface area contributed by atoms with E-state index in [0.717, 1.165) is 64.5 Å². The fourth-order valence-electron chi connectivity index (χ4n) is 6.59. The van der Waals surface area contributed by atoms with Gasteiger partial charge < -0.3 is 29.2 Å². The molecule has 2 aliphatic rings. The molecule has 48 heavy (non-hydrogen) atoms. The van der Waals surface area contributed by atoms with E-state index in [1.54, 1.807) is 14.1 Å². The lowest BCUT2D eigenvalue weighted by Gasteiger charge is -2.39. The molecule has 4 aromatic rings. The Hall–Kier alpha value is -3.26. The summed E-state index contributed by atoms with van der Waals surface area (Å²) in [6.07, 6.45) is 7.24. The van der Waals surface area contributed by atoms with Crippen molar-refractivity contribution in [2.24, 2.45) is 0 Å². The van der Waals surface area contributed by atoms with Gasteiger partial charge in [0.05, 0.1) is 21.4 Å². The van der Waals surface area contributed by atoms with Crippen LogP contribution in [-0.4, -0.2) is 88.9 Å². The number of carbonyl (C=O) groups excluding carboxylic acids is 2. The first kappa shape index (κ1) is 34.6. The minimum Gasteiger partial charge on any atom is -0.444 e. The van der Waals surface area contributed by atoms with Crippen LogP contribution < -0.4 is 10.2 Å². The molecule has 6 rings (SSSR count). The van der Waals surface area contributed by atoms with Gasteiger partial charge in [-0.25, -0.2) is 19.7 Å². The molecule has 2 saturated heterocycles. The van der Waals surface area contributed by atoms with Gasteiger partial charge in [-0.2, -0.15) is 0 Å². The first-order valence-electron chi connectivity index (χ1n) is 16.6. The summed E-state index contributed by atoms with van der Waals surface area (Å²) in [5, 5.41) is 4.03. The van der Waals surface area contributed by atoms with Crippen LogP contribution in [0.25, 0.3) is 32.5 Å². The standard InChI is InChI=1S/C34H46ClN7O4SSi/c1-34(2,3)46-33(44)37-20-15-21-9-10-22(16-20)42(21)26-17-36-28-24(18-41(30(28)39-26)19-45-13-14-48(6,7)8)23-11-12-25-29(27(23)35)47-31(38-25)32(43)40(4)5/h11-12,17-18,20-22H,9-10,13-16,19H2,1-8H3,(H,37,44)/t20-,21+,22-. The largest absolute Gasteiger partial charge is 0.444 e. The second-order valence-corrected chi connectivity index (χ2v) is 22.4. The Kier molecular flexibility index (Phi) is 9.53. The van der Waals surface area contributed by atoms with Gasteiger partial charge >= 0.3 is 6.09 Å². The Bertz CT molecular complexity index is 1830. The van der Waals surface area contributed by atoms with Crippen molar-refractivity contribution in [2.75, 3.05) is 25.6 Å². The van der Waals surface area contributed by atoms with Gasteiger partial charge in [0, 0.05) is 64.2 Å². The fraction of sp³-hybridized carbons (Fsp3) is 0.559. The van der Waals surface area contributed by atoms with E-state index in [9.17, 15) is 9.59 Å². The third-order valence-electron chi connectivity index (χ3n) is 8.88. The van der Waals surface area contributed by atoms with Crippen LogP contribution in [0.2, 0.25) is 30.7 Å². The van der Waals surface area contributed by atoms with E-state index in [1.807, 2.05) is 49.9 Å². The smallest absolute Gasteiger partial charge is 0.407 e. The van der Waals surface area contributed by atoms with Crippen LogP contribution >= 0.6 is 22.9 Å². The molecule has 0 spiro atoms. The fourth-order valence-corrected chi connectivity index (χ4v) is 8.75. The first-order valence-corrected chi connectivity index (χ1v) is 21.5. The topological polar surface area (TPSA) is 115 Å². The summed E-state index contributed by atoms with van der Waals surface area (Å²) in [4.78, 5) is 43.9. The van der Waals surface area contributed by atoms with Crippen LogP contribution in [-0.2, 0) is 16.2 Å². The van der Waals surface area contributed by atoms with Crippen LogP contribution in [0.1, 0.15) is 56.3 Å². The molecule has 14 heteroatoms. The molecule has 0 aliphatic carbocycles. The average Bonchev–Trinajstić information content (AvgIpc) is 3.66. The molecule has 258 valence electrons. The molecule has 1 aromatic carbocycles. The molecule has 0 radical (unpaired) electrons. The average molecular weight is 712 g/mol. The lowest BCUT2D eigenvalue weighted by Crippen LogP contribution is -2.51. The van der Waals surface area contributed by atoms with Gasteiger partial charge in [-0.05, 0) is 58.6 Å². The van der Waals surface area contributed by atoms with Crippen molar-refractivity contribution in [2.45, 2.75) is 103 Å². The van der Waals surface area contributed by atoms with E-state index in [-0.39, 0.29) is 30.1 Å². The van der Waals surface area contributed by atoms with Crippen molar-refractivity contribution < 1.29 is 19.1 Å². The Morgan fingerprint density at radius 2 is 1.81 bits per heavy atom. The number of nitrogens with zero attached hydrogens (tertiary/aromatic N) is 6. The summed E-state index contributed by atoms with van der Waals surface area (Å²) in [7, 11) is 2.16. The Morgan fingerprint density at radius 3 is 2.46 bits per heavy atom. The summed E-state index contributed by atoms with van der Waals surface area (Å²) in [6, 6.07) is 5.45. The zero-order valence-electron chi connectivity index (χ0n) is 29.1. The lowest BCUT2D eigenvalue weighted by molar-refractivity contribution is 0.0492. The molecule has 5 heterocycles. The monoisotopic (exact) mass is 711 g/mol. The number of hydrogen-bond donors (Lipinski definition) is 1. The van der Waals surface area contributed by atoms with Crippen LogP contribution in [0.3, 0.4) is 0 Å². The van der Waals surface area contributed by atoms with E-state index < -0.39 is 13.7 Å². The highest BCUT2D eigenvalue weighted by Gasteiger charge is 2.42. The molecule has 0 unspecified atom stereocenters. The molecule has 3 atom stereocenters. The van der Waals surface area contributed by atoms with Gasteiger partial charge in [0.2, 0.25) is 0 Å². The van der Waals surface area contributed by atoms with Crippen LogP contribution in [0.5, 0.6) is 0 Å². The third-order valence-corrected chi connectivity index (χ3v) is 12.2. The highest BCUT2D eigenvalue weighted by Crippen LogP contribution is 2.42. The number of fused-ring (bicyclic) bond motifs is 4. The summed E-state index contributed by atoms with van der Waals surface area (Å²) < 4.78 is 14.5. The number of rotatable bonds is 9. The van der Waals surface area contributed by atoms with Gasteiger partial charge in [0.1, 0.15) is 23.7 Å². The lowest BCUT2D eigenvalue weighted by atomic mass is 9.97. The van der Waals surface area contributed by atoms with Gasteiger partial charge in [0.25, 0.3) is 5.91 Å². The van der Waals surface area contributed by atoms with E-state index >= 15 is 0 Å². The predicted octanol–water partition coefficient (Wildman–Crippen LogP) is 7.40. The molecule has 2 aliphatic heterocycles. The Balaban J connectivity index is 1.32. The predicted molar refractivity (Wildman–Crippen MR) is 195 cm³/mol. The second-order valence-electron chi connectivity index (χ2n) is 15.4. The molecule has 2 fully saturated rings. The number of benzene rings is 1. The number of alkyl carbamates (subject to hydrolysis) is 1. The van der Waals surface area contributed by atoms with Gasteiger partial charge in [-0.15, -0.1) is 11.3 Å². The van der Waals surface area contributed by atoms with Gasteiger partial charge in [-0.1, -0.05) is 37.3 Å². The highest BCUT2D eigenvalue weighted by molar-refractivity contribution is 7.21. The van der Waals surface area contributed by atoms with Crippen molar-refractivity contribution >= 4 is 70.2 Å². The molecule has 0 saturated carbocycles. The van der Waals surface area contributed by atoms with Crippen molar-refractivity contribution in [1.82, 2.24) is 29.7 Å². The zero-order valence-corrected chi connectivity index (χ0v) is 31.7. The Morgan fingerprint density at radius 1 is 1.10 bits per heavy atom. The number of anilines is 1. The zero-order chi connectivity index (χ0) is 34.5. The quantitative estimate of drug-likeness (QED) is 0.141. The maximum Gasteiger partial charge on any atom is 0.407 e. The summed E-state index contributed by atoms with van der Waals surface area (Å²) >= 11 is 8.36. The molecular formula is C34H46ClN7O4SSi. The number of piperidine rings is 1. The summed E-state index contributed by atoms with van der Waals surface area (Å²) in [6.45, 7) is 13.7. The number of amides is 2. The number of hydrogen-bond acceptors (Lipinski definition) is 9. The maximum atomic E-state index is 12.6. The number of thiazole rings is 1. The molecular weight excluding hydrogens is 666 g/mol. The van der Waals surface area contributed by atoms with Crippen molar-refractivity contribution in [3.8, 4) is 11.1 Å². The minimum atomic E-state index is -1.26. The molecule has 2 amide bonds. The third kappa shape index (κ3) is 7.34. The van der Waals surface area contributed by atoms with Gasteiger partial charge in [0.15, 0.2) is 10.7 Å². The molecule has 3 aromatic heterocycles. The number of carbonyl (C=O) groups is 2.